The fraction of sp³-hybridized carbons (Fsp3) is 0.174. The number of anilines is 1. The van der Waals surface area contributed by atoms with Crippen molar-refractivity contribution in [2.75, 3.05) is 11.9 Å². The maximum absolute atomic E-state index is 13.2. The number of carbonyl (C=O) groups excluding carboxylic acids is 1. The van der Waals surface area contributed by atoms with Gasteiger partial charge in [-0.15, -0.1) is 11.3 Å². The van der Waals surface area contributed by atoms with Gasteiger partial charge in [0, 0.05) is 48.2 Å². The number of nitrogens with zero attached hydrogens (tertiary/aromatic N) is 4. The molecule has 5 rings (SSSR count). The average Bonchev–Trinajstić information content (AvgIpc) is 3.48. The second kappa shape index (κ2) is 8.89. The molecule has 0 saturated carbocycles. The van der Waals surface area contributed by atoms with Crippen molar-refractivity contribution in [3.63, 3.8) is 0 Å². The van der Waals surface area contributed by atoms with Crippen LogP contribution in [0.5, 0.6) is 0 Å². The highest BCUT2D eigenvalue weighted by Gasteiger charge is 2.29. The number of hydrogen-bond acceptors (Lipinski definition) is 6. The average molecular weight is 480 g/mol. The summed E-state index contributed by atoms with van der Waals surface area (Å²) in [5.41, 5.74) is 2.34. The van der Waals surface area contributed by atoms with Crippen molar-refractivity contribution in [2.45, 2.75) is 24.4 Å². The predicted octanol–water partition coefficient (Wildman–Crippen LogP) is 3.39. The smallest absolute Gasteiger partial charge is 0.256 e. The number of nitrogens with one attached hydrogen (secondary N) is 1. The van der Waals surface area contributed by atoms with E-state index < -0.39 is 15.9 Å². The zero-order valence-corrected chi connectivity index (χ0v) is 19.2. The molecule has 4 aromatic rings. The van der Waals surface area contributed by atoms with Gasteiger partial charge in [-0.2, -0.15) is 9.40 Å². The van der Waals surface area contributed by atoms with E-state index in [2.05, 4.69) is 15.4 Å². The summed E-state index contributed by atoms with van der Waals surface area (Å²) in [5, 5.41) is 9.10. The molecule has 3 aromatic heterocycles. The van der Waals surface area contributed by atoms with Crippen LogP contribution in [0.3, 0.4) is 0 Å². The standard InChI is InChI=1S/C23H21N5O3S2/c29-23(25-22-7-11-27(26-22)15-17-4-9-24-10-5-17)18-2-1-3-20(14-18)33(30,31)28-12-6-21-19(16-28)8-13-32-21/h1-5,7-11,13-14H,6,12,15-16H2,(H,25,26,29). The molecule has 1 amide bonds. The van der Waals surface area contributed by atoms with Crippen LogP contribution in [0.4, 0.5) is 5.82 Å². The van der Waals surface area contributed by atoms with Crippen molar-refractivity contribution in [1.82, 2.24) is 19.1 Å². The lowest BCUT2D eigenvalue weighted by Gasteiger charge is -2.26. The summed E-state index contributed by atoms with van der Waals surface area (Å²) in [4.78, 5) is 18.1. The lowest BCUT2D eigenvalue weighted by atomic mass is 10.1. The third kappa shape index (κ3) is 4.58. The third-order valence-electron chi connectivity index (χ3n) is 5.48. The first-order valence-corrected chi connectivity index (χ1v) is 12.7. The van der Waals surface area contributed by atoms with Crippen molar-refractivity contribution < 1.29 is 13.2 Å². The number of benzene rings is 1. The highest BCUT2D eigenvalue weighted by molar-refractivity contribution is 7.89. The fourth-order valence-corrected chi connectivity index (χ4v) is 6.11. The van der Waals surface area contributed by atoms with Gasteiger partial charge in [-0.25, -0.2) is 8.42 Å². The van der Waals surface area contributed by atoms with Crippen molar-refractivity contribution >= 4 is 33.1 Å². The zero-order valence-electron chi connectivity index (χ0n) is 17.6. The SMILES string of the molecule is O=C(Nc1ccn(Cc2ccncc2)n1)c1cccc(S(=O)(=O)N2CCc3sccc3C2)c1. The van der Waals surface area contributed by atoms with Crippen LogP contribution in [0.15, 0.2) is 77.4 Å². The highest BCUT2D eigenvalue weighted by Crippen LogP contribution is 2.28. The summed E-state index contributed by atoms with van der Waals surface area (Å²) < 4.78 is 29.6. The molecule has 4 heterocycles. The molecular weight excluding hydrogens is 458 g/mol. The Bertz CT molecular complexity index is 1400. The van der Waals surface area contributed by atoms with E-state index in [1.165, 1.54) is 21.3 Å². The molecule has 168 valence electrons. The number of aromatic nitrogens is 3. The molecule has 1 N–H and O–H groups in total. The van der Waals surface area contributed by atoms with E-state index in [1.54, 1.807) is 52.8 Å². The summed E-state index contributed by atoms with van der Waals surface area (Å²) >= 11 is 1.66. The Morgan fingerprint density at radius 2 is 1.97 bits per heavy atom. The van der Waals surface area contributed by atoms with Crippen molar-refractivity contribution in [3.8, 4) is 0 Å². The second-order valence-corrected chi connectivity index (χ2v) is 10.6. The first kappa shape index (κ1) is 21.5. The van der Waals surface area contributed by atoms with Gasteiger partial charge in [0.15, 0.2) is 5.82 Å². The molecule has 1 aliphatic rings. The largest absolute Gasteiger partial charge is 0.305 e. The van der Waals surface area contributed by atoms with E-state index in [4.69, 9.17) is 0 Å². The maximum Gasteiger partial charge on any atom is 0.256 e. The van der Waals surface area contributed by atoms with E-state index in [1.807, 2.05) is 23.6 Å². The van der Waals surface area contributed by atoms with Gasteiger partial charge < -0.3 is 5.32 Å². The summed E-state index contributed by atoms with van der Waals surface area (Å²) in [6.45, 7) is 1.33. The molecule has 0 bridgehead atoms. The quantitative estimate of drug-likeness (QED) is 0.457. The number of amides is 1. The Morgan fingerprint density at radius 1 is 1.12 bits per heavy atom. The van der Waals surface area contributed by atoms with Gasteiger partial charge >= 0.3 is 0 Å². The van der Waals surface area contributed by atoms with Gasteiger partial charge in [0.05, 0.1) is 11.4 Å². The van der Waals surface area contributed by atoms with Crippen LogP contribution in [0.25, 0.3) is 0 Å². The lowest BCUT2D eigenvalue weighted by Crippen LogP contribution is -2.35. The van der Waals surface area contributed by atoms with Gasteiger partial charge in [0.2, 0.25) is 10.0 Å². The fourth-order valence-electron chi connectivity index (χ4n) is 3.75. The lowest BCUT2D eigenvalue weighted by molar-refractivity contribution is 0.102. The number of fused-ring (bicyclic) bond motifs is 1. The number of sulfonamides is 1. The Labute approximate surface area is 195 Å². The van der Waals surface area contributed by atoms with Gasteiger partial charge in [0.25, 0.3) is 5.91 Å². The molecule has 0 unspecified atom stereocenters. The van der Waals surface area contributed by atoms with E-state index in [9.17, 15) is 13.2 Å². The number of hydrogen-bond donors (Lipinski definition) is 1. The number of carbonyl (C=O) groups is 1. The Balaban J connectivity index is 1.29. The first-order valence-electron chi connectivity index (χ1n) is 10.4. The van der Waals surface area contributed by atoms with E-state index in [0.717, 1.165) is 11.1 Å². The maximum atomic E-state index is 13.2. The van der Waals surface area contributed by atoms with Crippen LogP contribution in [0, 0.1) is 0 Å². The molecule has 8 nitrogen and oxygen atoms in total. The van der Waals surface area contributed by atoms with Crippen molar-refractivity contribution in [1.29, 1.82) is 0 Å². The number of pyridine rings is 1. The number of rotatable bonds is 6. The van der Waals surface area contributed by atoms with Crippen LogP contribution in [-0.2, 0) is 29.5 Å². The molecule has 0 fully saturated rings. The summed E-state index contributed by atoms with van der Waals surface area (Å²) in [6, 6.07) is 13.6. The molecule has 33 heavy (non-hydrogen) atoms. The Kier molecular flexibility index (Phi) is 5.79. The molecule has 0 saturated heterocycles. The first-order chi connectivity index (χ1) is 16.0. The van der Waals surface area contributed by atoms with E-state index >= 15 is 0 Å². The molecule has 0 spiro atoms. The van der Waals surface area contributed by atoms with Crippen molar-refractivity contribution in [2.24, 2.45) is 0 Å². The van der Waals surface area contributed by atoms with Gasteiger partial charge in [-0.3, -0.25) is 14.5 Å². The summed E-state index contributed by atoms with van der Waals surface area (Å²) in [5.74, 6) is -0.0247. The molecular formula is C23H21N5O3S2. The van der Waals surface area contributed by atoms with Gasteiger partial charge in [-0.1, -0.05) is 6.07 Å². The van der Waals surface area contributed by atoms with E-state index in [-0.39, 0.29) is 10.5 Å². The molecule has 10 heteroatoms. The van der Waals surface area contributed by atoms with Gasteiger partial charge in [-0.05, 0) is 59.3 Å². The van der Waals surface area contributed by atoms with Crippen LogP contribution in [-0.4, -0.2) is 39.9 Å². The number of thiophene rings is 1. The third-order valence-corrected chi connectivity index (χ3v) is 8.35. The normalized spacial score (nSPS) is 14.1. The Hall–Kier alpha value is -3.34. The second-order valence-electron chi connectivity index (χ2n) is 7.69. The van der Waals surface area contributed by atoms with Crippen LogP contribution in [0.2, 0.25) is 0 Å². The van der Waals surface area contributed by atoms with Crippen LogP contribution in [0.1, 0.15) is 26.4 Å². The van der Waals surface area contributed by atoms with Crippen molar-refractivity contribution in [3.05, 3.63) is 94.1 Å². The highest BCUT2D eigenvalue weighted by atomic mass is 32.2. The minimum atomic E-state index is -3.71. The summed E-state index contributed by atoms with van der Waals surface area (Å²) in [6.07, 6.45) is 5.90. The van der Waals surface area contributed by atoms with E-state index in [0.29, 0.717) is 31.9 Å². The molecule has 1 aromatic carbocycles. The predicted molar refractivity (Wildman–Crippen MR) is 126 cm³/mol. The molecule has 0 aliphatic carbocycles. The molecule has 0 radical (unpaired) electrons. The summed E-state index contributed by atoms with van der Waals surface area (Å²) in [7, 11) is -3.71. The monoisotopic (exact) mass is 479 g/mol. The van der Waals surface area contributed by atoms with Crippen LogP contribution >= 0.6 is 11.3 Å². The minimum absolute atomic E-state index is 0.108. The van der Waals surface area contributed by atoms with Crippen LogP contribution < -0.4 is 5.32 Å². The molecule has 1 aliphatic heterocycles. The molecule has 0 atom stereocenters. The Morgan fingerprint density at radius 3 is 2.82 bits per heavy atom. The van der Waals surface area contributed by atoms with Gasteiger partial charge in [0.1, 0.15) is 0 Å². The topological polar surface area (TPSA) is 97.2 Å². The minimum Gasteiger partial charge on any atom is -0.305 e. The zero-order chi connectivity index (χ0) is 22.8.